The third-order valence-corrected chi connectivity index (χ3v) is 3.19. The maximum absolute atomic E-state index is 10.5. The minimum atomic E-state index is -0.832. The molecule has 5 nitrogen and oxygen atoms in total. The molecule has 1 heterocycles. The fourth-order valence-corrected chi connectivity index (χ4v) is 2.01. The van der Waals surface area contributed by atoms with E-state index in [1.165, 1.54) is 12.1 Å². The van der Waals surface area contributed by atoms with Gasteiger partial charge in [-0.3, -0.25) is 10.1 Å². The number of hydrogen-bond acceptors (Lipinski definition) is 4. The van der Waals surface area contributed by atoms with Crippen LogP contribution in [0.25, 0.3) is 6.08 Å². The highest BCUT2D eigenvalue weighted by Gasteiger charge is 2.32. The number of allylic oxidation sites excluding steroid dienone is 2. The van der Waals surface area contributed by atoms with E-state index >= 15 is 0 Å². The summed E-state index contributed by atoms with van der Waals surface area (Å²) >= 11 is 5.82. The van der Waals surface area contributed by atoms with Crippen LogP contribution in [0.15, 0.2) is 42.5 Å². The van der Waals surface area contributed by atoms with E-state index in [1.807, 2.05) is 6.08 Å². The van der Waals surface area contributed by atoms with Crippen LogP contribution in [0.4, 0.5) is 5.69 Å². The van der Waals surface area contributed by atoms with Crippen LogP contribution in [0.1, 0.15) is 5.56 Å². The van der Waals surface area contributed by atoms with Crippen LogP contribution < -0.4 is 0 Å². The Morgan fingerprint density at radius 1 is 1.25 bits per heavy atom. The number of rotatable bonds is 5. The van der Waals surface area contributed by atoms with E-state index in [0.29, 0.717) is 13.2 Å². The van der Waals surface area contributed by atoms with Gasteiger partial charge in [0.15, 0.2) is 0 Å². The molecule has 1 saturated heterocycles. The molecule has 1 aromatic rings. The molecule has 1 aliphatic heterocycles. The van der Waals surface area contributed by atoms with Gasteiger partial charge in [0.05, 0.1) is 24.0 Å². The van der Waals surface area contributed by atoms with Crippen molar-refractivity contribution in [3.8, 4) is 0 Å². The lowest BCUT2D eigenvalue weighted by Crippen LogP contribution is -2.29. The number of nitrogens with zero attached hydrogens (tertiary/aromatic N) is 1. The van der Waals surface area contributed by atoms with Crippen molar-refractivity contribution in [2.75, 3.05) is 19.1 Å². The SMILES string of the molecule is O=[N+]([O-])c1ccc(/C=C/C=C\C2(CCl)OCCO2)cc1. The molecule has 2 rings (SSSR count). The van der Waals surface area contributed by atoms with Gasteiger partial charge in [0.2, 0.25) is 5.79 Å². The van der Waals surface area contributed by atoms with E-state index in [1.54, 1.807) is 30.4 Å². The van der Waals surface area contributed by atoms with Crippen LogP contribution in [-0.2, 0) is 9.47 Å². The van der Waals surface area contributed by atoms with Crippen LogP contribution in [0.3, 0.4) is 0 Å². The molecule has 1 aromatic carbocycles. The Hall–Kier alpha value is -1.69. The predicted molar refractivity (Wildman–Crippen MR) is 76.6 cm³/mol. The van der Waals surface area contributed by atoms with Crippen molar-refractivity contribution in [2.24, 2.45) is 0 Å². The maximum atomic E-state index is 10.5. The van der Waals surface area contributed by atoms with Crippen LogP contribution >= 0.6 is 11.6 Å². The molecular weight excluding hydrogens is 282 g/mol. The van der Waals surface area contributed by atoms with E-state index in [-0.39, 0.29) is 11.6 Å². The van der Waals surface area contributed by atoms with E-state index in [9.17, 15) is 10.1 Å². The lowest BCUT2D eigenvalue weighted by atomic mass is 10.2. The zero-order chi connectivity index (χ0) is 14.4. The fraction of sp³-hybridized carbons (Fsp3) is 0.286. The summed E-state index contributed by atoms with van der Waals surface area (Å²) in [4.78, 5) is 10.1. The Morgan fingerprint density at radius 2 is 1.90 bits per heavy atom. The van der Waals surface area contributed by atoms with E-state index in [2.05, 4.69) is 0 Å². The first-order chi connectivity index (χ1) is 9.65. The molecule has 20 heavy (non-hydrogen) atoms. The first kappa shape index (κ1) is 14.7. The summed E-state index contributed by atoms with van der Waals surface area (Å²) < 4.78 is 10.9. The zero-order valence-corrected chi connectivity index (χ0v) is 11.5. The van der Waals surface area contributed by atoms with Crippen molar-refractivity contribution >= 4 is 23.4 Å². The second-order valence-corrected chi connectivity index (χ2v) is 4.48. The van der Waals surface area contributed by atoms with Crippen molar-refractivity contribution < 1.29 is 14.4 Å². The minimum Gasteiger partial charge on any atom is -0.343 e. The molecule has 0 saturated carbocycles. The quantitative estimate of drug-likeness (QED) is 0.362. The third kappa shape index (κ3) is 3.66. The maximum Gasteiger partial charge on any atom is 0.269 e. The second kappa shape index (κ2) is 6.65. The van der Waals surface area contributed by atoms with Gasteiger partial charge in [-0.15, -0.1) is 11.6 Å². The number of non-ortho nitro benzene ring substituents is 1. The van der Waals surface area contributed by atoms with Crippen LogP contribution in [-0.4, -0.2) is 29.8 Å². The number of halogens is 1. The van der Waals surface area contributed by atoms with Crippen LogP contribution in [0.5, 0.6) is 0 Å². The molecule has 0 aromatic heterocycles. The molecule has 0 N–H and O–H groups in total. The van der Waals surface area contributed by atoms with E-state index in [0.717, 1.165) is 5.56 Å². The lowest BCUT2D eigenvalue weighted by molar-refractivity contribution is -0.384. The van der Waals surface area contributed by atoms with E-state index in [4.69, 9.17) is 21.1 Å². The number of nitro benzene ring substituents is 1. The zero-order valence-electron chi connectivity index (χ0n) is 10.7. The van der Waals surface area contributed by atoms with Gasteiger partial charge in [0.1, 0.15) is 0 Å². The number of nitro groups is 1. The molecular formula is C14H14ClNO4. The van der Waals surface area contributed by atoms with Gasteiger partial charge < -0.3 is 9.47 Å². The van der Waals surface area contributed by atoms with Crippen molar-refractivity contribution in [1.82, 2.24) is 0 Å². The smallest absolute Gasteiger partial charge is 0.269 e. The molecule has 0 bridgehead atoms. The van der Waals surface area contributed by atoms with Crippen molar-refractivity contribution in [3.63, 3.8) is 0 Å². The number of ether oxygens (including phenoxy) is 2. The first-order valence-electron chi connectivity index (χ1n) is 6.09. The Morgan fingerprint density at radius 3 is 2.45 bits per heavy atom. The standard InChI is InChI=1S/C14H14ClNO4/c15-11-14(19-9-10-20-14)8-2-1-3-12-4-6-13(7-5-12)16(17)18/h1-8H,9-11H2/b3-1+,8-2-. The first-order valence-corrected chi connectivity index (χ1v) is 6.63. The van der Waals surface area contributed by atoms with Gasteiger partial charge in [-0.05, 0) is 23.8 Å². The molecule has 6 heteroatoms. The summed E-state index contributed by atoms with van der Waals surface area (Å²) in [6.45, 7) is 1.06. The van der Waals surface area contributed by atoms with Gasteiger partial charge in [-0.1, -0.05) is 18.2 Å². The van der Waals surface area contributed by atoms with Gasteiger partial charge >= 0.3 is 0 Å². The molecule has 0 atom stereocenters. The summed E-state index contributed by atoms with van der Waals surface area (Å²) in [6, 6.07) is 6.30. The van der Waals surface area contributed by atoms with E-state index < -0.39 is 10.7 Å². The molecule has 1 fully saturated rings. The number of hydrogen-bond donors (Lipinski definition) is 0. The summed E-state index contributed by atoms with van der Waals surface area (Å²) in [5.41, 5.74) is 0.944. The Balaban J connectivity index is 1.97. The average molecular weight is 296 g/mol. The fourth-order valence-electron chi connectivity index (χ4n) is 1.76. The van der Waals surface area contributed by atoms with Gasteiger partial charge in [0.25, 0.3) is 5.69 Å². The molecule has 106 valence electrons. The molecule has 0 aliphatic carbocycles. The highest BCUT2D eigenvalue weighted by molar-refractivity contribution is 6.18. The molecule has 0 spiro atoms. The normalized spacial score (nSPS) is 18.1. The second-order valence-electron chi connectivity index (χ2n) is 4.21. The highest BCUT2D eigenvalue weighted by atomic mass is 35.5. The summed E-state index contributed by atoms with van der Waals surface area (Å²) in [7, 11) is 0. The highest BCUT2D eigenvalue weighted by Crippen LogP contribution is 2.22. The Labute approximate surface area is 121 Å². The molecule has 0 radical (unpaired) electrons. The lowest BCUT2D eigenvalue weighted by Gasteiger charge is -2.19. The number of alkyl halides is 1. The van der Waals surface area contributed by atoms with Gasteiger partial charge in [0, 0.05) is 12.1 Å². The monoisotopic (exact) mass is 295 g/mol. The van der Waals surface area contributed by atoms with Crippen molar-refractivity contribution in [1.29, 1.82) is 0 Å². The molecule has 0 amide bonds. The third-order valence-electron chi connectivity index (χ3n) is 2.82. The van der Waals surface area contributed by atoms with Crippen molar-refractivity contribution in [2.45, 2.75) is 5.79 Å². The van der Waals surface area contributed by atoms with Crippen LogP contribution in [0.2, 0.25) is 0 Å². The summed E-state index contributed by atoms with van der Waals surface area (Å²) in [5.74, 6) is -0.601. The summed E-state index contributed by atoms with van der Waals surface area (Å²) in [6.07, 6.45) is 7.18. The molecule has 1 aliphatic rings. The predicted octanol–water partition coefficient (Wildman–Crippen LogP) is 3.15. The Kier molecular flexibility index (Phi) is 4.89. The minimum absolute atomic E-state index is 0.0755. The number of benzene rings is 1. The topological polar surface area (TPSA) is 61.6 Å². The molecule has 0 unspecified atom stereocenters. The Bertz CT molecular complexity index is 518. The van der Waals surface area contributed by atoms with Gasteiger partial charge in [-0.25, -0.2) is 0 Å². The van der Waals surface area contributed by atoms with Crippen molar-refractivity contribution in [3.05, 3.63) is 58.2 Å². The van der Waals surface area contributed by atoms with Crippen LogP contribution in [0, 0.1) is 10.1 Å². The largest absolute Gasteiger partial charge is 0.343 e. The average Bonchev–Trinajstić information content (AvgIpc) is 2.93. The summed E-state index contributed by atoms with van der Waals surface area (Å²) in [5, 5.41) is 10.5. The van der Waals surface area contributed by atoms with Gasteiger partial charge in [-0.2, -0.15) is 0 Å².